The van der Waals surface area contributed by atoms with Gasteiger partial charge in [0.05, 0.1) is 18.0 Å². The normalized spacial score (nSPS) is 21.4. The number of halogens is 2. The van der Waals surface area contributed by atoms with Gasteiger partial charge in [-0.1, -0.05) is 0 Å². The van der Waals surface area contributed by atoms with Crippen LogP contribution in [0.25, 0.3) is 0 Å². The van der Waals surface area contributed by atoms with Crippen molar-refractivity contribution >= 4 is 11.9 Å². The first-order valence-electron chi connectivity index (χ1n) is 7.64. The quantitative estimate of drug-likeness (QED) is 0.867. The SMILES string of the molecule is Cc1nn(C(F)F)c(C)c1CC(=O)NC1CCC(C(=O)O)CC1. The molecule has 1 aliphatic carbocycles. The van der Waals surface area contributed by atoms with Gasteiger partial charge in [-0.15, -0.1) is 0 Å². The molecule has 0 aromatic carbocycles. The number of aliphatic carboxylic acids is 1. The maximum atomic E-state index is 12.8. The third-order valence-corrected chi connectivity index (χ3v) is 4.44. The second-order valence-corrected chi connectivity index (χ2v) is 6.00. The molecule has 0 atom stereocenters. The third-order valence-electron chi connectivity index (χ3n) is 4.44. The van der Waals surface area contributed by atoms with Gasteiger partial charge in [0.1, 0.15) is 0 Å². The summed E-state index contributed by atoms with van der Waals surface area (Å²) in [6, 6.07) is -0.0520. The Morgan fingerprint density at radius 2 is 1.91 bits per heavy atom. The number of carbonyl (C=O) groups excluding carboxylic acids is 1. The summed E-state index contributed by atoms with van der Waals surface area (Å²) in [6.45, 7) is 0.399. The Labute approximate surface area is 132 Å². The van der Waals surface area contributed by atoms with Crippen LogP contribution in [0.15, 0.2) is 0 Å². The molecule has 0 bridgehead atoms. The van der Waals surface area contributed by atoms with Crippen LogP contribution >= 0.6 is 0 Å². The van der Waals surface area contributed by atoms with E-state index in [4.69, 9.17) is 5.11 Å². The van der Waals surface area contributed by atoms with Gasteiger partial charge in [0.15, 0.2) is 0 Å². The number of nitrogens with one attached hydrogen (secondary N) is 1. The number of rotatable bonds is 5. The zero-order valence-corrected chi connectivity index (χ0v) is 13.2. The molecule has 6 nitrogen and oxygen atoms in total. The maximum absolute atomic E-state index is 12.8. The highest BCUT2D eigenvalue weighted by Gasteiger charge is 2.27. The van der Waals surface area contributed by atoms with Crippen LogP contribution in [-0.2, 0) is 16.0 Å². The van der Waals surface area contributed by atoms with Crippen molar-refractivity contribution in [3.63, 3.8) is 0 Å². The Kier molecular flexibility index (Phi) is 5.33. The Morgan fingerprint density at radius 3 is 2.39 bits per heavy atom. The number of carboxylic acid groups (broad SMARTS) is 1. The standard InChI is InChI=1S/C15H21F2N3O3/c1-8-12(9(2)20(19-8)15(16)17)7-13(21)18-11-5-3-10(4-6-11)14(22)23/h10-11,15H,3-7H2,1-2H3,(H,18,21)(H,22,23). The minimum Gasteiger partial charge on any atom is -0.481 e. The molecule has 1 amide bonds. The van der Waals surface area contributed by atoms with Gasteiger partial charge in [-0.05, 0) is 39.5 Å². The van der Waals surface area contributed by atoms with Crippen LogP contribution < -0.4 is 5.32 Å². The van der Waals surface area contributed by atoms with Gasteiger partial charge in [-0.25, -0.2) is 4.68 Å². The maximum Gasteiger partial charge on any atom is 0.333 e. The highest BCUT2D eigenvalue weighted by atomic mass is 19.3. The van der Waals surface area contributed by atoms with E-state index in [0.29, 0.717) is 47.3 Å². The number of alkyl halides is 2. The van der Waals surface area contributed by atoms with Crippen LogP contribution in [0.3, 0.4) is 0 Å². The van der Waals surface area contributed by atoms with E-state index in [-0.39, 0.29) is 24.3 Å². The van der Waals surface area contributed by atoms with E-state index in [1.807, 2.05) is 0 Å². The molecule has 0 aliphatic heterocycles. The van der Waals surface area contributed by atoms with Crippen LogP contribution in [-0.4, -0.2) is 32.8 Å². The topological polar surface area (TPSA) is 84.2 Å². The van der Waals surface area contributed by atoms with E-state index in [1.54, 1.807) is 6.92 Å². The van der Waals surface area contributed by atoms with Crippen molar-refractivity contribution in [2.75, 3.05) is 0 Å². The molecule has 1 fully saturated rings. The summed E-state index contributed by atoms with van der Waals surface area (Å²) in [7, 11) is 0. The lowest BCUT2D eigenvalue weighted by molar-refractivity contribution is -0.142. The van der Waals surface area contributed by atoms with Gasteiger partial charge in [0, 0.05) is 17.3 Å². The van der Waals surface area contributed by atoms with Crippen molar-refractivity contribution in [3.8, 4) is 0 Å². The van der Waals surface area contributed by atoms with Crippen LogP contribution in [0, 0.1) is 19.8 Å². The average Bonchev–Trinajstić information content (AvgIpc) is 2.76. The van der Waals surface area contributed by atoms with E-state index >= 15 is 0 Å². The summed E-state index contributed by atoms with van der Waals surface area (Å²) in [5, 5.41) is 15.6. The molecule has 23 heavy (non-hydrogen) atoms. The van der Waals surface area contributed by atoms with Gasteiger partial charge in [0.25, 0.3) is 0 Å². The summed E-state index contributed by atoms with van der Waals surface area (Å²) in [5.41, 5.74) is 1.23. The molecule has 1 saturated carbocycles. The lowest BCUT2D eigenvalue weighted by Crippen LogP contribution is -2.39. The molecule has 2 rings (SSSR count). The Hall–Kier alpha value is -1.99. The fraction of sp³-hybridized carbons (Fsp3) is 0.667. The second kappa shape index (κ2) is 7.06. The van der Waals surface area contributed by atoms with E-state index < -0.39 is 12.5 Å². The lowest BCUT2D eigenvalue weighted by Gasteiger charge is -2.26. The predicted molar refractivity (Wildman–Crippen MR) is 78.2 cm³/mol. The van der Waals surface area contributed by atoms with E-state index in [2.05, 4.69) is 10.4 Å². The molecule has 0 unspecified atom stereocenters. The van der Waals surface area contributed by atoms with E-state index in [1.165, 1.54) is 6.92 Å². The van der Waals surface area contributed by atoms with Gasteiger partial charge in [-0.3, -0.25) is 9.59 Å². The summed E-state index contributed by atoms with van der Waals surface area (Å²) < 4.78 is 26.2. The van der Waals surface area contributed by atoms with Crippen molar-refractivity contribution < 1.29 is 23.5 Å². The van der Waals surface area contributed by atoms with E-state index in [9.17, 15) is 18.4 Å². The lowest BCUT2D eigenvalue weighted by atomic mass is 9.86. The molecule has 2 N–H and O–H groups in total. The van der Waals surface area contributed by atoms with Gasteiger partial charge in [0.2, 0.25) is 5.91 Å². The number of aryl methyl sites for hydroxylation is 1. The first-order valence-corrected chi connectivity index (χ1v) is 7.64. The molecule has 1 heterocycles. The first kappa shape index (κ1) is 17.4. The molecule has 8 heteroatoms. The van der Waals surface area contributed by atoms with Gasteiger partial charge < -0.3 is 10.4 Å². The fourth-order valence-electron chi connectivity index (χ4n) is 3.07. The van der Waals surface area contributed by atoms with Crippen LogP contribution in [0.5, 0.6) is 0 Å². The fourth-order valence-corrected chi connectivity index (χ4v) is 3.07. The minimum atomic E-state index is -2.73. The highest BCUT2D eigenvalue weighted by molar-refractivity contribution is 5.79. The number of amides is 1. The zero-order chi connectivity index (χ0) is 17.1. The number of nitrogens with zero attached hydrogens (tertiary/aromatic N) is 2. The highest BCUT2D eigenvalue weighted by Crippen LogP contribution is 2.25. The number of hydrogen-bond donors (Lipinski definition) is 2. The second-order valence-electron chi connectivity index (χ2n) is 6.00. The van der Waals surface area contributed by atoms with Crippen LogP contribution in [0.4, 0.5) is 8.78 Å². The molecule has 128 valence electrons. The zero-order valence-electron chi connectivity index (χ0n) is 13.2. The molecule has 1 aromatic heterocycles. The Balaban J connectivity index is 1.92. The van der Waals surface area contributed by atoms with E-state index in [0.717, 1.165) is 0 Å². The first-order chi connectivity index (χ1) is 10.8. The molecule has 0 spiro atoms. The van der Waals surface area contributed by atoms with Gasteiger partial charge >= 0.3 is 12.5 Å². The number of carboxylic acids is 1. The number of hydrogen-bond acceptors (Lipinski definition) is 3. The minimum absolute atomic E-state index is 0.00322. The van der Waals surface area contributed by atoms with Crippen molar-refractivity contribution in [1.82, 2.24) is 15.1 Å². The number of carbonyl (C=O) groups is 2. The van der Waals surface area contributed by atoms with Crippen molar-refractivity contribution in [3.05, 3.63) is 17.0 Å². The molecular formula is C15H21F2N3O3. The molecule has 0 saturated heterocycles. The van der Waals surface area contributed by atoms with Crippen LogP contribution in [0.1, 0.15) is 49.2 Å². The van der Waals surface area contributed by atoms with Crippen LogP contribution in [0.2, 0.25) is 0 Å². The summed E-state index contributed by atoms with van der Waals surface area (Å²) in [6.07, 6.45) is 2.33. The third kappa shape index (κ3) is 4.05. The Morgan fingerprint density at radius 1 is 1.30 bits per heavy atom. The molecule has 0 radical (unpaired) electrons. The van der Waals surface area contributed by atoms with Crippen molar-refractivity contribution in [2.24, 2.45) is 5.92 Å². The smallest absolute Gasteiger partial charge is 0.333 e. The largest absolute Gasteiger partial charge is 0.481 e. The van der Waals surface area contributed by atoms with Crippen molar-refractivity contribution in [2.45, 2.75) is 58.5 Å². The molecular weight excluding hydrogens is 308 g/mol. The van der Waals surface area contributed by atoms with Crippen molar-refractivity contribution in [1.29, 1.82) is 0 Å². The monoisotopic (exact) mass is 329 g/mol. The van der Waals surface area contributed by atoms with Gasteiger partial charge in [-0.2, -0.15) is 13.9 Å². The summed E-state index contributed by atoms with van der Waals surface area (Å²) in [4.78, 5) is 23.0. The summed E-state index contributed by atoms with van der Waals surface area (Å²) in [5.74, 6) is -1.37. The molecule has 1 aliphatic rings. The number of aromatic nitrogens is 2. The Bertz CT molecular complexity index is 593. The predicted octanol–water partition coefficient (Wildman–Crippen LogP) is 2.20. The summed E-state index contributed by atoms with van der Waals surface area (Å²) >= 11 is 0. The average molecular weight is 329 g/mol. The molecule has 1 aromatic rings.